The van der Waals surface area contributed by atoms with Crippen LogP contribution in [0.4, 0.5) is 32.9 Å². The van der Waals surface area contributed by atoms with Gasteiger partial charge in [-0.15, -0.1) is 0 Å². The number of carboxylic acid groups (broad SMARTS) is 2. The van der Waals surface area contributed by atoms with Crippen LogP contribution in [-0.4, -0.2) is 171 Å². The number of aromatic carboxylic acids is 2. The zero-order chi connectivity index (χ0) is 91.3. The smallest absolute Gasteiger partial charge is 0.407 e. The van der Waals surface area contributed by atoms with Crippen LogP contribution in [0.3, 0.4) is 0 Å². The highest BCUT2D eigenvalue weighted by atomic mass is 79.9. The van der Waals surface area contributed by atoms with Gasteiger partial charge in [-0.3, -0.25) is 4.79 Å². The Bertz CT molecular complexity index is 6310. The first kappa shape index (κ1) is 91.3. The molecule has 0 saturated heterocycles. The molecule has 4 bridgehead atoms. The molecule has 4 aromatic carbocycles. The number of alkyl carbamates (subject to hydrolysis) is 2. The predicted octanol–water partition coefficient (Wildman–Crippen LogP) is 15.8. The van der Waals surface area contributed by atoms with Crippen molar-refractivity contribution < 1.29 is 72.1 Å². The van der Waals surface area contributed by atoms with Crippen LogP contribution in [0.5, 0.6) is 23.0 Å². The Balaban J connectivity index is 0.000000138. The van der Waals surface area contributed by atoms with E-state index in [1.54, 1.807) is 60.6 Å². The second-order valence-corrected chi connectivity index (χ2v) is 38.5. The number of ether oxygens (including phenoxy) is 7. The summed E-state index contributed by atoms with van der Waals surface area (Å²) in [4.78, 5) is 90.2. The SMILES string of the molecule is CCOC(=O)c1cnn2ccc(N[C@H](C)c3cc(Br)cc4c3OC(C)(CNC(=O)OC(C)(C)C)C4)nc12.C[C@@H](Nc1ccn2ncc(C(=O)O)c2n1)c1cc(Br)cc2c1OC(C)(CN)C2.C[C@@H](Nc1ccn2ncc(C(=O)O)c2n1)c1cc(Br)cc2c1OC(C)(CNC(=O)OC(C)(C)C)C2.C[C@H]1Nc2ccn3ncc(c3n2)C(=O)NCC2(C)Cc3cc(Br)cc1c3O2. The van der Waals surface area contributed by atoms with Gasteiger partial charge < -0.3 is 86.3 Å². The van der Waals surface area contributed by atoms with E-state index in [0.717, 1.165) is 98.2 Å². The molecule has 8 atom stereocenters. The molecule has 5 aliphatic rings. The normalized spacial score (nSPS) is 19.4. The van der Waals surface area contributed by atoms with Crippen molar-refractivity contribution in [3.8, 4) is 23.0 Å². The third-order valence-electron chi connectivity index (χ3n) is 21.4. The number of nitrogens with two attached hydrogens (primary N) is 1. The summed E-state index contributed by atoms with van der Waals surface area (Å²) in [5, 5.41) is 57.2. The molecular formula is C88H98Br4N20O15. The van der Waals surface area contributed by atoms with Gasteiger partial charge in [0.25, 0.3) is 5.91 Å². The molecule has 3 amide bonds. The maximum absolute atomic E-state index is 12.7. The van der Waals surface area contributed by atoms with Gasteiger partial charge in [-0.05, 0) is 199 Å². The minimum absolute atomic E-state index is 0.0238. The summed E-state index contributed by atoms with van der Waals surface area (Å²) < 4.78 is 51.0. The minimum Gasteiger partial charge on any atom is -0.485 e. The monoisotopic (exact) mass is 1990 g/mol. The molecule has 17 rings (SSSR count). The van der Waals surface area contributed by atoms with Gasteiger partial charge in [0, 0.05) is 97.2 Å². The third kappa shape index (κ3) is 20.9. The zero-order valence-electron chi connectivity index (χ0n) is 72.4. The molecule has 8 aromatic heterocycles. The van der Waals surface area contributed by atoms with Crippen LogP contribution >= 0.6 is 63.7 Å². The van der Waals surface area contributed by atoms with Crippen LogP contribution < -0.4 is 61.9 Å². The highest BCUT2D eigenvalue weighted by Gasteiger charge is 2.43. The molecule has 668 valence electrons. The quantitative estimate of drug-likeness (QED) is 0.0282. The number of amides is 3. The molecule has 0 fully saturated rings. The molecule has 0 aliphatic carbocycles. The molecule has 0 saturated carbocycles. The fraction of sp³-hybridized carbons (Fsp3) is 0.386. The summed E-state index contributed by atoms with van der Waals surface area (Å²) in [6.07, 6.45) is 14.2. The molecular weight excluding hydrogens is 1900 g/mol. The van der Waals surface area contributed by atoms with Crippen molar-refractivity contribution in [3.05, 3.63) is 207 Å². The number of carbonyl (C=O) groups excluding carboxylic acids is 4. The molecule has 4 unspecified atom stereocenters. The Kier molecular flexibility index (Phi) is 25.9. The maximum Gasteiger partial charge on any atom is 0.407 e. The average molecular weight is 2000 g/mol. The van der Waals surface area contributed by atoms with Crippen LogP contribution in [0, 0.1) is 0 Å². The Morgan fingerprint density at radius 2 is 0.921 bits per heavy atom. The minimum atomic E-state index is -1.09. The van der Waals surface area contributed by atoms with E-state index in [4.69, 9.17) is 38.9 Å². The number of aromatic nitrogens is 12. The number of carboxylic acids is 2. The largest absolute Gasteiger partial charge is 0.485 e. The second-order valence-electron chi connectivity index (χ2n) is 34.8. The molecule has 127 heavy (non-hydrogen) atoms. The maximum atomic E-state index is 12.7. The van der Waals surface area contributed by atoms with Gasteiger partial charge >= 0.3 is 30.1 Å². The predicted molar refractivity (Wildman–Crippen MR) is 487 cm³/mol. The third-order valence-corrected chi connectivity index (χ3v) is 23.2. The first-order valence-electron chi connectivity index (χ1n) is 41.0. The van der Waals surface area contributed by atoms with Gasteiger partial charge in [0.1, 0.15) is 102 Å². The number of carbonyl (C=O) groups is 6. The zero-order valence-corrected chi connectivity index (χ0v) is 78.7. The van der Waals surface area contributed by atoms with Gasteiger partial charge in [-0.1, -0.05) is 63.7 Å². The number of nitrogens with zero attached hydrogens (tertiary/aromatic N) is 12. The number of hydrogen-bond acceptors (Lipinski definition) is 26. The molecule has 5 aliphatic heterocycles. The summed E-state index contributed by atoms with van der Waals surface area (Å²) in [6.45, 7) is 30.4. The topological polar surface area (TPSA) is 438 Å². The van der Waals surface area contributed by atoms with Gasteiger partial charge in [0.15, 0.2) is 22.6 Å². The number of fused-ring (bicyclic) bond motifs is 8. The second kappa shape index (κ2) is 36.1. The summed E-state index contributed by atoms with van der Waals surface area (Å²) in [6, 6.07) is 22.8. The van der Waals surface area contributed by atoms with Gasteiger partial charge in [-0.25, -0.2) is 62.0 Å². The van der Waals surface area contributed by atoms with E-state index in [9.17, 15) is 39.0 Å². The number of benzene rings is 4. The van der Waals surface area contributed by atoms with Crippen molar-refractivity contribution in [2.24, 2.45) is 5.73 Å². The number of halogens is 4. The average Bonchev–Trinajstić information content (AvgIpc) is 1.63. The van der Waals surface area contributed by atoms with E-state index in [1.165, 1.54) is 32.1 Å². The molecule has 0 radical (unpaired) electrons. The van der Waals surface area contributed by atoms with Crippen LogP contribution in [0.1, 0.15) is 214 Å². The first-order valence-corrected chi connectivity index (χ1v) is 44.1. The number of nitrogens with one attached hydrogen (secondary N) is 7. The number of esters is 1. The Morgan fingerprint density at radius 1 is 0.535 bits per heavy atom. The lowest BCUT2D eigenvalue weighted by Gasteiger charge is -2.27. The molecule has 35 nitrogen and oxygen atoms in total. The highest BCUT2D eigenvalue weighted by molar-refractivity contribution is 9.11. The van der Waals surface area contributed by atoms with Crippen molar-refractivity contribution in [1.29, 1.82) is 0 Å². The van der Waals surface area contributed by atoms with Crippen molar-refractivity contribution in [2.45, 2.75) is 187 Å². The van der Waals surface area contributed by atoms with Crippen LogP contribution in [0.15, 0.2) is 140 Å². The van der Waals surface area contributed by atoms with Crippen molar-refractivity contribution in [2.75, 3.05) is 54.1 Å². The standard InChI is InChI=1S/C26H32BrN5O5.C24H28BrN5O5.C19H20BrN5O3.C19H18BrN5O2/c1-7-35-23(33)19-13-29-32-9-8-20(31-22(19)32)30-15(2)18-11-17(27)10-16-12-26(6,36-21(16)18)14-28-24(34)37-25(3,4)5;1-13(28-18-6-7-30-20(29-18)17(11-27-30)21(31)32)16-9-15(25)8-14-10-24(5,34-19(14)16)12-26-22(33)35-23(2,3)4;1-10(13-6-12(20)5-11-7-19(2,9-21)28-16(11)13)23-15-3-4-25-17(24-15)14(8-22-25)18(26)27;1-10-13-6-12(20)5-11-7-19(2,27-16(11)13)9-21-18(26)14-8-22-25-4-3-15(23-10)24-17(14)25/h8-11,13,15H,7,12,14H2,1-6H3,(H,28,34)(H,30,31);6-9,11,13H,10,12H2,1-5H3,(H,26,33)(H,28,29)(H,31,32);3-6,8,10H,7,9,21H2,1-2H3,(H,23,24)(H,26,27);3-6,8,10H,7,9H2,1-2H3,(H,21,26)(H,23,24)/t15-,26?;13-,24?;2*10-,19?/m1111/s1. The van der Waals surface area contributed by atoms with Crippen molar-refractivity contribution in [3.63, 3.8) is 0 Å². The van der Waals surface area contributed by atoms with Crippen LogP contribution in [0.25, 0.3) is 22.6 Å². The van der Waals surface area contributed by atoms with E-state index in [-0.39, 0.29) is 65.6 Å². The van der Waals surface area contributed by atoms with Gasteiger partial charge in [0.2, 0.25) is 0 Å². The molecule has 0 spiro atoms. The Hall–Kier alpha value is -11.9. The summed E-state index contributed by atoms with van der Waals surface area (Å²) >= 11 is 14.4. The van der Waals surface area contributed by atoms with Gasteiger partial charge in [-0.2, -0.15) is 20.4 Å². The summed E-state index contributed by atoms with van der Waals surface area (Å²) in [5.74, 6) is 2.74. The lowest BCUT2D eigenvalue weighted by atomic mass is 9.97. The Labute approximate surface area is 764 Å². The van der Waals surface area contributed by atoms with E-state index in [0.29, 0.717) is 78.2 Å². The van der Waals surface area contributed by atoms with E-state index in [2.05, 4.69) is 166 Å². The van der Waals surface area contributed by atoms with Crippen molar-refractivity contribution in [1.82, 2.24) is 74.3 Å². The lowest BCUT2D eigenvalue weighted by molar-refractivity contribution is 0.0441. The number of anilines is 4. The van der Waals surface area contributed by atoms with E-state index >= 15 is 0 Å². The lowest BCUT2D eigenvalue weighted by Crippen LogP contribution is -2.45. The van der Waals surface area contributed by atoms with E-state index in [1.807, 2.05) is 126 Å². The first-order chi connectivity index (χ1) is 59.9. The molecule has 11 N–H and O–H groups in total. The fourth-order valence-corrected chi connectivity index (χ4v) is 17.6. The summed E-state index contributed by atoms with van der Waals surface area (Å²) in [7, 11) is 0. The van der Waals surface area contributed by atoms with Crippen LogP contribution in [0.2, 0.25) is 0 Å². The van der Waals surface area contributed by atoms with Gasteiger partial charge in [0.05, 0.1) is 75.2 Å². The molecule has 39 heteroatoms. The van der Waals surface area contributed by atoms with E-state index < -0.39 is 63.7 Å². The summed E-state index contributed by atoms with van der Waals surface area (Å²) in [5.41, 5.74) is 13.1. The highest BCUT2D eigenvalue weighted by Crippen LogP contribution is 2.48. The van der Waals surface area contributed by atoms with Crippen molar-refractivity contribution >= 4 is 146 Å². The molecule has 13 heterocycles. The number of rotatable bonds is 18. The van der Waals surface area contributed by atoms with Crippen LogP contribution in [-0.2, 0) is 39.9 Å². The number of hydrogen-bond donors (Lipinski definition) is 10. The fourth-order valence-electron chi connectivity index (χ4n) is 15.5. The molecule has 12 aromatic rings. The Morgan fingerprint density at radius 3 is 1.35 bits per heavy atom.